The molecule has 1 aliphatic rings. The van der Waals surface area contributed by atoms with Crippen LogP contribution in [0, 0.1) is 10.1 Å². The number of nitrogens with zero attached hydrogens (tertiary/aromatic N) is 4. The van der Waals surface area contributed by atoms with Gasteiger partial charge >= 0.3 is 0 Å². The standard InChI is InChI=1S/C31H26N6O4/c38-28-2-1-15-36(28)18-21-3-8-22(9-4-21)30(29-26-16-25(37(40)41)13-14-27(26)35-31(29)39)34-23-10-5-20(6-11-23)7-12-24-17-32-19-33-24/h3-14,16-17,19,35,39H,1-2,15,18H2,(H,32,33). The number of aromatic hydroxyl groups is 1. The maximum absolute atomic E-state index is 12.1. The third-order valence-electron chi connectivity index (χ3n) is 7.09. The van der Waals surface area contributed by atoms with Crippen molar-refractivity contribution in [3.05, 3.63) is 117 Å². The van der Waals surface area contributed by atoms with Crippen molar-refractivity contribution in [1.29, 1.82) is 0 Å². The third kappa shape index (κ3) is 5.48. The summed E-state index contributed by atoms with van der Waals surface area (Å²) in [5.74, 6) is 0.0228. The molecule has 3 aromatic carbocycles. The molecular weight excluding hydrogens is 520 g/mol. The fraction of sp³-hybridized carbons (Fsp3) is 0.129. The second-order valence-electron chi connectivity index (χ2n) is 9.84. The number of aliphatic imine (C=N–C) groups is 1. The number of nitro benzene ring substituents is 1. The molecule has 0 atom stereocenters. The Labute approximate surface area is 234 Å². The summed E-state index contributed by atoms with van der Waals surface area (Å²) in [5, 5.41) is 23.0. The second kappa shape index (κ2) is 10.9. The molecule has 204 valence electrons. The van der Waals surface area contributed by atoms with E-state index >= 15 is 0 Å². The van der Waals surface area contributed by atoms with Crippen LogP contribution in [-0.2, 0) is 11.3 Å². The summed E-state index contributed by atoms with van der Waals surface area (Å²) in [5.41, 5.74) is 5.48. The molecule has 41 heavy (non-hydrogen) atoms. The van der Waals surface area contributed by atoms with Gasteiger partial charge in [0.2, 0.25) is 5.91 Å². The SMILES string of the molecule is O=C1CCCN1Cc1ccc(C(=Nc2ccc(C=Cc3cnc[nH]3)cc2)c2c(O)[nH]c3ccc([N+](=O)[O-])cc23)cc1. The van der Waals surface area contributed by atoms with Gasteiger partial charge in [-0.2, -0.15) is 0 Å². The molecular formula is C31H26N6O4. The smallest absolute Gasteiger partial charge is 0.270 e. The van der Waals surface area contributed by atoms with E-state index in [0.717, 1.165) is 29.8 Å². The van der Waals surface area contributed by atoms with Gasteiger partial charge in [0.05, 0.1) is 40.1 Å². The number of benzene rings is 3. The number of aromatic amines is 2. The van der Waals surface area contributed by atoms with Crippen molar-refractivity contribution in [3.8, 4) is 5.88 Å². The Morgan fingerprint density at radius 3 is 2.59 bits per heavy atom. The first-order chi connectivity index (χ1) is 19.9. The van der Waals surface area contributed by atoms with E-state index in [2.05, 4.69) is 15.0 Å². The van der Waals surface area contributed by atoms with Crippen LogP contribution in [0.3, 0.4) is 0 Å². The number of non-ortho nitro benzene ring substituents is 1. The zero-order valence-corrected chi connectivity index (χ0v) is 21.9. The summed E-state index contributed by atoms with van der Waals surface area (Å²) in [7, 11) is 0. The van der Waals surface area contributed by atoms with Gasteiger partial charge in [-0.3, -0.25) is 14.9 Å². The molecule has 1 aliphatic heterocycles. The largest absolute Gasteiger partial charge is 0.494 e. The number of aromatic nitrogens is 3. The van der Waals surface area contributed by atoms with Gasteiger partial charge in [0.15, 0.2) is 5.88 Å². The van der Waals surface area contributed by atoms with E-state index in [0.29, 0.717) is 46.4 Å². The molecule has 0 saturated carbocycles. The number of H-pyrrole nitrogens is 2. The lowest BCUT2D eigenvalue weighted by Gasteiger charge is -2.16. The topological polar surface area (TPSA) is 141 Å². The van der Waals surface area contributed by atoms with Crippen LogP contribution in [-0.4, -0.2) is 48.0 Å². The van der Waals surface area contributed by atoms with Crippen LogP contribution < -0.4 is 0 Å². The highest BCUT2D eigenvalue weighted by atomic mass is 16.6. The van der Waals surface area contributed by atoms with E-state index in [9.17, 15) is 20.0 Å². The lowest BCUT2D eigenvalue weighted by Crippen LogP contribution is -2.23. The lowest BCUT2D eigenvalue weighted by molar-refractivity contribution is -0.384. The minimum atomic E-state index is -0.464. The average molecular weight is 547 g/mol. The summed E-state index contributed by atoms with van der Waals surface area (Å²) < 4.78 is 0. The number of nitrogens with one attached hydrogen (secondary N) is 2. The Hall–Kier alpha value is -5.51. The number of fused-ring (bicyclic) bond motifs is 1. The van der Waals surface area contributed by atoms with Gasteiger partial charge in [-0.15, -0.1) is 0 Å². The number of hydrogen-bond donors (Lipinski definition) is 3. The molecule has 1 fully saturated rings. The number of amides is 1. The zero-order chi connectivity index (χ0) is 28.3. The quantitative estimate of drug-likeness (QED) is 0.125. The predicted octanol–water partition coefficient (Wildman–Crippen LogP) is 5.97. The molecule has 1 saturated heterocycles. The molecule has 5 aromatic rings. The molecule has 10 nitrogen and oxygen atoms in total. The van der Waals surface area contributed by atoms with Gasteiger partial charge in [0.25, 0.3) is 5.69 Å². The number of nitro groups is 1. The van der Waals surface area contributed by atoms with Crippen molar-refractivity contribution in [2.45, 2.75) is 19.4 Å². The van der Waals surface area contributed by atoms with E-state index in [-0.39, 0.29) is 17.5 Å². The number of imidazole rings is 1. The van der Waals surface area contributed by atoms with Crippen molar-refractivity contribution < 1.29 is 14.8 Å². The number of rotatable bonds is 8. The predicted molar refractivity (Wildman–Crippen MR) is 157 cm³/mol. The molecule has 6 rings (SSSR count). The van der Waals surface area contributed by atoms with Crippen LogP contribution in [0.1, 0.15) is 40.8 Å². The second-order valence-corrected chi connectivity index (χ2v) is 9.84. The van der Waals surface area contributed by atoms with E-state index in [1.54, 1.807) is 18.6 Å². The van der Waals surface area contributed by atoms with Crippen molar-refractivity contribution in [2.75, 3.05) is 6.54 Å². The van der Waals surface area contributed by atoms with Crippen LogP contribution in [0.5, 0.6) is 5.88 Å². The summed E-state index contributed by atoms with van der Waals surface area (Å²) >= 11 is 0. The van der Waals surface area contributed by atoms with Crippen molar-refractivity contribution in [2.24, 2.45) is 4.99 Å². The number of carbonyl (C=O) groups excluding carboxylic acids is 1. The minimum Gasteiger partial charge on any atom is -0.494 e. The monoisotopic (exact) mass is 546 g/mol. The molecule has 3 heterocycles. The Kier molecular flexibility index (Phi) is 6.87. The molecule has 10 heteroatoms. The first-order valence-corrected chi connectivity index (χ1v) is 13.2. The molecule has 0 radical (unpaired) electrons. The highest BCUT2D eigenvalue weighted by Crippen LogP contribution is 2.34. The van der Waals surface area contributed by atoms with Crippen LogP contribution in [0.4, 0.5) is 11.4 Å². The lowest BCUT2D eigenvalue weighted by atomic mass is 9.99. The molecule has 0 bridgehead atoms. The summed E-state index contributed by atoms with van der Waals surface area (Å²) in [6.07, 6.45) is 8.68. The average Bonchev–Trinajstić information content (AvgIpc) is 3.72. The van der Waals surface area contributed by atoms with Gasteiger partial charge < -0.3 is 20.0 Å². The van der Waals surface area contributed by atoms with Crippen molar-refractivity contribution in [3.63, 3.8) is 0 Å². The first kappa shape index (κ1) is 25.8. The molecule has 0 aliphatic carbocycles. The molecule has 2 aromatic heterocycles. The molecule has 3 N–H and O–H groups in total. The summed E-state index contributed by atoms with van der Waals surface area (Å²) in [6.45, 7) is 1.28. The Bertz CT molecular complexity index is 1790. The third-order valence-corrected chi connectivity index (χ3v) is 7.09. The van der Waals surface area contributed by atoms with E-state index in [4.69, 9.17) is 4.99 Å². The van der Waals surface area contributed by atoms with Gasteiger partial charge in [-0.1, -0.05) is 42.5 Å². The Morgan fingerprint density at radius 1 is 1.10 bits per heavy atom. The number of hydrogen-bond acceptors (Lipinski definition) is 6. The number of likely N-dealkylation sites (tertiary alicyclic amines) is 1. The molecule has 0 spiro atoms. The maximum Gasteiger partial charge on any atom is 0.270 e. The maximum atomic E-state index is 12.1. The minimum absolute atomic E-state index is 0.0869. The van der Waals surface area contributed by atoms with E-state index < -0.39 is 4.92 Å². The zero-order valence-electron chi connectivity index (χ0n) is 21.9. The van der Waals surface area contributed by atoms with Gasteiger partial charge in [-0.25, -0.2) is 9.98 Å². The van der Waals surface area contributed by atoms with Crippen LogP contribution in [0.25, 0.3) is 23.1 Å². The summed E-state index contributed by atoms with van der Waals surface area (Å²) in [6, 6.07) is 19.7. The Morgan fingerprint density at radius 2 is 1.90 bits per heavy atom. The number of carbonyl (C=O) groups is 1. The van der Waals surface area contributed by atoms with E-state index in [1.165, 1.54) is 12.1 Å². The Balaban J connectivity index is 1.40. The van der Waals surface area contributed by atoms with Crippen molar-refractivity contribution >= 4 is 46.0 Å². The first-order valence-electron chi connectivity index (χ1n) is 13.2. The highest BCUT2D eigenvalue weighted by molar-refractivity contribution is 6.22. The van der Waals surface area contributed by atoms with Gasteiger partial charge in [0.1, 0.15) is 0 Å². The van der Waals surface area contributed by atoms with Gasteiger partial charge in [-0.05, 0) is 41.8 Å². The van der Waals surface area contributed by atoms with Crippen LogP contribution in [0.15, 0.2) is 84.2 Å². The van der Waals surface area contributed by atoms with Crippen LogP contribution in [0.2, 0.25) is 0 Å². The highest BCUT2D eigenvalue weighted by Gasteiger charge is 2.22. The van der Waals surface area contributed by atoms with Crippen molar-refractivity contribution in [1.82, 2.24) is 19.9 Å². The molecule has 1 amide bonds. The molecule has 0 unspecified atom stereocenters. The summed E-state index contributed by atoms with van der Waals surface area (Å²) in [4.78, 5) is 39.9. The fourth-order valence-electron chi connectivity index (χ4n) is 4.98. The van der Waals surface area contributed by atoms with Crippen LogP contribution >= 0.6 is 0 Å². The van der Waals surface area contributed by atoms with Gasteiger partial charge in [0, 0.05) is 48.1 Å². The van der Waals surface area contributed by atoms with E-state index in [1.807, 2.05) is 65.6 Å². The normalized spacial score (nSPS) is 14.0. The fourth-order valence-corrected chi connectivity index (χ4v) is 4.98.